The van der Waals surface area contributed by atoms with Gasteiger partial charge in [-0.05, 0) is 0 Å². The Hall–Kier alpha value is -1.10. The Bertz CT molecular complexity index is 453. The van der Waals surface area contributed by atoms with Crippen molar-refractivity contribution in [3.63, 3.8) is 0 Å². The topological polar surface area (TPSA) is 0 Å². The van der Waals surface area contributed by atoms with Gasteiger partial charge in [0.1, 0.15) is 8.07 Å². The lowest BCUT2D eigenvalue weighted by molar-refractivity contribution is 1.78. The van der Waals surface area contributed by atoms with E-state index in [4.69, 9.17) is 0 Å². The molecule has 1 aromatic carbocycles. The van der Waals surface area contributed by atoms with Crippen molar-refractivity contribution in [3.8, 4) is 22.9 Å². The van der Waals surface area contributed by atoms with Crippen LogP contribution in [0.1, 0.15) is 11.1 Å². The maximum Gasteiger partial charge on any atom is 0.128 e. The smallest absolute Gasteiger partial charge is 0.128 e. The molecule has 2 heteroatoms. The highest BCUT2D eigenvalue weighted by molar-refractivity contribution is 6.84. The van der Waals surface area contributed by atoms with Gasteiger partial charge in [0.05, 0.1) is 8.07 Å². The van der Waals surface area contributed by atoms with Crippen LogP contribution in [0.2, 0.25) is 39.3 Å². The normalized spacial score (nSPS) is 11.2. The first-order chi connectivity index (χ1) is 7.66. The van der Waals surface area contributed by atoms with Gasteiger partial charge in [-0.25, -0.2) is 5.54 Å². The van der Waals surface area contributed by atoms with Crippen molar-refractivity contribution < 1.29 is 0 Å². The van der Waals surface area contributed by atoms with E-state index >= 15 is 0 Å². The molecule has 0 amide bonds. The second kappa shape index (κ2) is 5.04. The molecular formula is C15H21Si2-. The minimum Gasteiger partial charge on any atom is -0.224 e. The monoisotopic (exact) mass is 257 g/mol. The van der Waals surface area contributed by atoms with E-state index in [0.29, 0.717) is 0 Å². The van der Waals surface area contributed by atoms with E-state index in [-0.39, 0.29) is 0 Å². The Labute approximate surface area is 108 Å². The summed E-state index contributed by atoms with van der Waals surface area (Å²) in [7, 11) is -2.54. The molecule has 0 atom stereocenters. The molecule has 0 aliphatic carbocycles. The van der Waals surface area contributed by atoms with Crippen molar-refractivity contribution >= 4 is 16.1 Å². The van der Waals surface area contributed by atoms with Crippen LogP contribution in [0.25, 0.3) is 0 Å². The lowest BCUT2D eigenvalue weighted by atomic mass is 10.3. The van der Waals surface area contributed by atoms with Gasteiger partial charge in [-0.2, -0.15) is 12.0 Å². The zero-order chi connectivity index (χ0) is 13.1. The molecule has 0 bridgehead atoms. The van der Waals surface area contributed by atoms with E-state index in [1.54, 1.807) is 0 Å². The zero-order valence-corrected chi connectivity index (χ0v) is 13.7. The molecule has 90 valence electrons. The highest BCUT2D eigenvalue weighted by atomic mass is 28.3. The van der Waals surface area contributed by atoms with Gasteiger partial charge in [0, 0.05) is 0 Å². The molecule has 0 aliphatic heterocycles. The fourth-order valence-corrected chi connectivity index (χ4v) is 2.16. The molecule has 0 unspecified atom stereocenters. The molecule has 0 saturated carbocycles. The average molecular weight is 258 g/mol. The summed E-state index contributed by atoms with van der Waals surface area (Å²) in [5.74, 6) is 6.51. The predicted molar refractivity (Wildman–Crippen MR) is 82.5 cm³/mol. The highest BCUT2D eigenvalue weighted by Gasteiger charge is 2.06. The lowest BCUT2D eigenvalue weighted by Gasteiger charge is -2.07. The third-order valence-corrected chi connectivity index (χ3v) is 3.67. The quantitative estimate of drug-likeness (QED) is 0.376. The molecule has 0 aromatic heterocycles. The molecular weight excluding hydrogens is 236 g/mol. The van der Waals surface area contributed by atoms with E-state index in [1.807, 2.05) is 0 Å². The minimum absolute atomic E-state index is 1.10. The van der Waals surface area contributed by atoms with E-state index in [1.165, 1.54) is 0 Å². The SMILES string of the molecule is C[Si](C)(C)C#Cc1cc[c-](C#C[Si](C)(C)C)c1. The Morgan fingerprint density at radius 2 is 1.53 bits per heavy atom. The number of rotatable bonds is 0. The molecule has 0 heterocycles. The van der Waals surface area contributed by atoms with Crippen LogP contribution in [0.15, 0.2) is 18.2 Å². The Kier molecular flexibility index (Phi) is 4.14. The molecule has 1 aromatic rings. The molecule has 1 rings (SSSR count). The first kappa shape index (κ1) is 14.0. The molecule has 0 nitrogen and oxygen atoms in total. The van der Waals surface area contributed by atoms with Crippen molar-refractivity contribution in [2.24, 2.45) is 0 Å². The van der Waals surface area contributed by atoms with Gasteiger partial charge in [-0.1, -0.05) is 50.4 Å². The van der Waals surface area contributed by atoms with Gasteiger partial charge in [-0.15, -0.1) is 23.6 Å². The first-order valence-electron chi connectivity index (χ1n) is 5.99. The lowest BCUT2D eigenvalue weighted by Crippen LogP contribution is -2.16. The van der Waals surface area contributed by atoms with Gasteiger partial charge >= 0.3 is 0 Å². The molecule has 0 saturated heterocycles. The molecule has 0 radical (unpaired) electrons. The predicted octanol–water partition coefficient (Wildman–Crippen LogP) is 3.86. The van der Waals surface area contributed by atoms with Crippen molar-refractivity contribution in [2.75, 3.05) is 0 Å². The van der Waals surface area contributed by atoms with Crippen molar-refractivity contribution in [1.29, 1.82) is 0 Å². The van der Waals surface area contributed by atoms with Crippen LogP contribution in [-0.2, 0) is 0 Å². The standard InChI is InChI=1S/C15H21Si2/c1-16(2,3)11-9-14-7-8-15(13-14)10-12-17(4,5)6/h7-8,13H,1-6H3/q-1. The van der Waals surface area contributed by atoms with Gasteiger partial charge in [-0.3, -0.25) is 0 Å². The Morgan fingerprint density at radius 1 is 0.941 bits per heavy atom. The van der Waals surface area contributed by atoms with Crippen molar-refractivity contribution in [1.82, 2.24) is 0 Å². The minimum atomic E-state index is -1.27. The van der Waals surface area contributed by atoms with Gasteiger partial charge < -0.3 is 0 Å². The van der Waals surface area contributed by atoms with Crippen LogP contribution in [0.4, 0.5) is 0 Å². The third-order valence-electron chi connectivity index (χ3n) is 1.92. The zero-order valence-electron chi connectivity index (χ0n) is 11.7. The molecule has 0 aliphatic rings. The molecule has 17 heavy (non-hydrogen) atoms. The Balaban J connectivity index is 2.85. The van der Waals surface area contributed by atoms with Gasteiger partial charge in [0.15, 0.2) is 0 Å². The summed E-state index contributed by atoms with van der Waals surface area (Å²) in [5.41, 5.74) is 8.95. The fourth-order valence-electron chi connectivity index (χ4n) is 1.12. The largest absolute Gasteiger partial charge is 0.224 e. The summed E-state index contributed by atoms with van der Waals surface area (Å²) in [5, 5.41) is 0. The van der Waals surface area contributed by atoms with Gasteiger partial charge in [0.2, 0.25) is 0 Å². The van der Waals surface area contributed by atoms with E-state index in [2.05, 4.69) is 80.4 Å². The summed E-state index contributed by atoms with van der Waals surface area (Å²) in [6.45, 7) is 13.6. The highest BCUT2D eigenvalue weighted by Crippen LogP contribution is 2.07. The van der Waals surface area contributed by atoms with Crippen LogP contribution < -0.4 is 0 Å². The van der Waals surface area contributed by atoms with Crippen LogP contribution in [0, 0.1) is 22.9 Å². The Morgan fingerprint density at radius 3 is 2.06 bits per heavy atom. The van der Waals surface area contributed by atoms with E-state index in [9.17, 15) is 0 Å². The summed E-state index contributed by atoms with van der Waals surface area (Å²) >= 11 is 0. The van der Waals surface area contributed by atoms with Crippen molar-refractivity contribution in [2.45, 2.75) is 39.3 Å². The second-order valence-electron chi connectivity index (χ2n) is 6.39. The van der Waals surface area contributed by atoms with Gasteiger partial charge in [0.25, 0.3) is 0 Å². The fraction of sp³-hybridized carbons (Fsp3) is 0.400. The summed E-state index contributed by atoms with van der Waals surface area (Å²) in [6, 6.07) is 6.24. The van der Waals surface area contributed by atoms with E-state index in [0.717, 1.165) is 11.1 Å². The van der Waals surface area contributed by atoms with Crippen LogP contribution in [-0.4, -0.2) is 16.1 Å². The average Bonchev–Trinajstić information content (AvgIpc) is 2.57. The first-order valence-corrected chi connectivity index (χ1v) is 13.0. The summed E-state index contributed by atoms with van der Waals surface area (Å²) < 4.78 is 0. The summed E-state index contributed by atoms with van der Waals surface area (Å²) in [6.07, 6.45) is 0. The molecule has 0 fully saturated rings. The molecule has 0 N–H and O–H groups in total. The maximum absolute atomic E-state index is 3.37. The second-order valence-corrected chi connectivity index (χ2v) is 15.9. The maximum atomic E-state index is 3.37. The van der Waals surface area contributed by atoms with Crippen LogP contribution in [0.5, 0.6) is 0 Å². The summed E-state index contributed by atoms with van der Waals surface area (Å²) in [4.78, 5) is 0. The molecule has 0 spiro atoms. The van der Waals surface area contributed by atoms with Crippen LogP contribution >= 0.6 is 0 Å². The number of hydrogen-bond donors (Lipinski definition) is 0. The van der Waals surface area contributed by atoms with Crippen molar-refractivity contribution in [3.05, 3.63) is 29.3 Å². The van der Waals surface area contributed by atoms with Crippen LogP contribution in [0.3, 0.4) is 0 Å². The van der Waals surface area contributed by atoms with E-state index < -0.39 is 16.1 Å². The third kappa shape index (κ3) is 6.26. The number of hydrogen-bond acceptors (Lipinski definition) is 0.